The van der Waals surface area contributed by atoms with E-state index in [0.29, 0.717) is 19.1 Å². The van der Waals surface area contributed by atoms with E-state index in [1.54, 1.807) is 6.07 Å². The van der Waals surface area contributed by atoms with Gasteiger partial charge in [0.15, 0.2) is 0 Å². The van der Waals surface area contributed by atoms with Gasteiger partial charge in [0.2, 0.25) is 17.1 Å². The lowest BCUT2D eigenvalue weighted by atomic mass is 9.98. The van der Waals surface area contributed by atoms with E-state index < -0.39 is 6.72 Å². The minimum atomic E-state index is -2.77. The zero-order valence-corrected chi connectivity index (χ0v) is 28.5. The quantitative estimate of drug-likeness (QED) is 0.102. The van der Waals surface area contributed by atoms with Crippen LogP contribution < -0.4 is 33.0 Å². The first-order valence-corrected chi connectivity index (χ1v) is 17.1. The minimum absolute atomic E-state index is 0. The number of aromatic nitrogens is 3. The van der Waals surface area contributed by atoms with Crippen LogP contribution in [0, 0.1) is 6.92 Å². The van der Waals surface area contributed by atoms with E-state index in [1.807, 2.05) is 52.8 Å². The molecule has 0 saturated carbocycles. The van der Waals surface area contributed by atoms with Gasteiger partial charge in [-0.1, -0.05) is 38.1 Å². The van der Waals surface area contributed by atoms with Crippen LogP contribution in [0.4, 0.5) is 11.4 Å². The Morgan fingerprint density at radius 3 is 2.02 bits per heavy atom. The second-order valence-corrected chi connectivity index (χ2v) is 13.2. The molecule has 8 nitrogen and oxygen atoms in total. The normalized spacial score (nSPS) is 11.2. The van der Waals surface area contributed by atoms with Crippen molar-refractivity contribution in [3.05, 3.63) is 84.3 Å². The first kappa shape index (κ1) is 35.2. The van der Waals surface area contributed by atoms with Crippen LogP contribution in [0.5, 0.6) is 5.88 Å². The maximum absolute atomic E-state index is 6.10. The van der Waals surface area contributed by atoms with Crippen molar-refractivity contribution < 1.29 is 30.5 Å². The molecule has 44 heavy (non-hydrogen) atoms. The van der Waals surface area contributed by atoms with Crippen LogP contribution >= 0.6 is 6.72 Å². The summed E-state index contributed by atoms with van der Waals surface area (Å²) in [6.45, 7) is 10.8. The zero-order valence-electron chi connectivity index (χ0n) is 26.1. The van der Waals surface area contributed by atoms with Gasteiger partial charge in [0, 0.05) is 57.9 Å². The van der Waals surface area contributed by atoms with Crippen molar-refractivity contribution >= 4 is 51.6 Å². The Kier molecular flexibility index (Phi) is 12.5. The summed E-state index contributed by atoms with van der Waals surface area (Å²) in [6.07, 6.45) is 0. The molecule has 4 N–H and O–H groups in total. The van der Waals surface area contributed by atoms with Gasteiger partial charge < -0.3 is 28.4 Å². The highest BCUT2D eigenvalue weighted by Gasteiger charge is 2.24. The summed E-state index contributed by atoms with van der Waals surface area (Å²) in [5, 5.41) is 3.56. The highest BCUT2D eigenvalue weighted by Crippen LogP contribution is 2.49. The fourth-order valence-electron chi connectivity index (χ4n) is 4.88. The molecule has 5 rings (SSSR count). The van der Waals surface area contributed by atoms with Crippen molar-refractivity contribution in [3.63, 3.8) is 0 Å². The lowest BCUT2D eigenvalue weighted by molar-refractivity contribution is -0.655. The number of aryl methyl sites for hydroxylation is 2. The number of hydrogen-bond acceptors (Lipinski definition) is 8. The zero-order chi connectivity index (χ0) is 31.1. The number of benzene rings is 3. The van der Waals surface area contributed by atoms with Gasteiger partial charge in [-0.2, -0.15) is 9.55 Å². The summed E-state index contributed by atoms with van der Waals surface area (Å²) in [5.74, 6) is 1.37. The molecule has 0 bridgehead atoms. The molecule has 0 aliphatic carbocycles. The van der Waals surface area contributed by atoms with Gasteiger partial charge >= 0.3 is 6.72 Å². The monoisotopic (exact) mass is 653 g/mol. The fraction of sp³-hybridized carbons (Fsp3) is 0.303. The number of nitrogens with zero attached hydrogens (tertiary/aromatic N) is 3. The minimum Gasteiger partial charge on any atom is -1.00 e. The molecule has 0 radical (unpaired) electrons. The summed E-state index contributed by atoms with van der Waals surface area (Å²) in [7, 11) is 0. The molecule has 0 unspecified atom stereocenters. The topological polar surface area (TPSA) is 109 Å². The molecule has 11 heteroatoms. The Balaban J connectivity index is 0.000000243. The van der Waals surface area contributed by atoms with E-state index in [0.717, 1.165) is 35.0 Å². The molecule has 5 aromatic rings. The van der Waals surface area contributed by atoms with Crippen LogP contribution in [-0.4, -0.2) is 23.2 Å². The molecule has 0 aliphatic heterocycles. The summed E-state index contributed by atoms with van der Waals surface area (Å²) in [6, 6.07) is 24.4. The standard InChI is InChI=1S/C21H19N3.C12H21N2O3PS.ClH/c1-2-24-20-13-16(23)9-11-18(20)17-10-8-15(22)12-19(17)21(24)14-6-4-3-5-7-14;1-6-15-18(19,16-7-2)17-11-8-10(5)13-12(14-11)9(3)4;/h3-13,23H,2,22H2,1H3;8-9H,6-7H2,1-5H3;1H. The Labute approximate surface area is 271 Å². The van der Waals surface area contributed by atoms with Crippen LogP contribution in [-0.2, 0) is 27.4 Å². The van der Waals surface area contributed by atoms with Crippen molar-refractivity contribution in [2.45, 2.75) is 54.0 Å². The lowest BCUT2D eigenvalue weighted by Gasteiger charge is -2.20. The van der Waals surface area contributed by atoms with E-state index >= 15 is 0 Å². The molecule has 0 fully saturated rings. The van der Waals surface area contributed by atoms with Crippen LogP contribution in [0.3, 0.4) is 0 Å². The van der Waals surface area contributed by atoms with Gasteiger partial charge in [0.1, 0.15) is 12.4 Å². The third-order valence-electron chi connectivity index (χ3n) is 6.68. The third kappa shape index (κ3) is 8.23. The van der Waals surface area contributed by atoms with Gasteiger partial charge in [-0.05, 0) is 64.1 Å². The molecule has 0 amide bonds. The van der Waals surface area contributed by atoms with Gasteiger partial charge in [-0.15, -0.1) is 0 Å². The SMILES string of the molecule is CCOP(=S)(OCC)Oc1cc(C)nc(C(C)C)n1.CC[n+]1c(-c2ccccc2)c2cc(N)ccc2c2ccc(N)cc21.[Cl-]. The summed E-state index contributed by atoms with van der Waals surface area (Å²) in [5.41, 5.74) is 18.1. The van der Waals surface area contributed by atoms with E-state index in [9.17, 15) is 0 Å². The van der Waals surface area contributed by atoms with Crippen LogP contribution in [0.25, 0.3) is 32.9 Å². The van der Waals surface area contributed by atoms with Crippen molar-refractivity contribution in [2.75, 3.05) is 24.7 Å². The van der Waals surface area contributed by atoms with Crippen molar-refractivity contribution in [1.82, 2.24) is 9.97 Å². The third-order valence-corrected chi connectivity index (χ3v) is 9.09. The molecule has 3 aromatic carbocycles. The number of hydrogen-bond donors (Lipinski definition) is 2. The number of rotatable bonds is 9. The number of anilines is 2. The van der Waals surface area contributed by atoms with Gasteiger partial charge in [0.25, 0.3) is 0 Å². The van der Waals surface area contributed by atoms with Crippen LogP contribution in [0.1, 0.15) is 52.1 Å². The predicted molar refractivity (Wildman–Crippen MR) is 181 cm³/mol. The average molecular weight is 654 g/mol. The Morgan fingerprint density at radius 1 is 0.818 bits per heavy atom. The number of pyridine rings is 1. The van der Waals surface area contributed by atoms with E-state index in [2.05, 4.69) is 70.0 Å². The molecular formula is C33H41ClN5O3PS. The molecule has 2 heterocycles. The first-order chi connectivity index (χ1) is 20.6. The summed E-state index contributed by atoms with van der Waals surface area (Å²) >= 11 is 5.32. The molecule has 0 aliphatic rings. The van der Waals surface area contributed by atoms with Gasteiger partial charge in [0.05, 0.1) is 24.0 Å². The van der Waals surface area contributed by atoms with Crippen LogP contribution in [0.15, 0.2) is 72.8 Å². The highest BCUT2D eigenvalue weighted by atomic mass is 35.5. The molecule has 0 spiro atoms. The van der Waals surface area contributed by atoms with Crippen molar-refractivity contribution in [3.8, 4) is 17.1 Å². The second-order valence-electron chi connectivity index (χ2n) is 10.3. The smallest absolute Gasteiger partial charge is 0.381 e. The van der Waals surface area contributed by atoms with E-state index in [-0.39, 0.29) is 18.3 Å². The molecule has 2 aromatic heterocycles. The van der Waals surface area contributed by atoms with Crippen molar-refractivity contribution in [2.24, 2.45) is 0 Å². The number of fused-ring (bicyclic) bond motifs is 3. The van der Waals surface area contributed by atoms with E-state index in [1.165, 1.54) is 27.4 Å². The largest absolute Gasteiger partial charge is 1.00 e. The Morgan fingerprint density at radius 2 is 1.43 bits per heavy atom. The van der Waals surface area contributed by atoms with Gasteiger partial charge in [-0.25, -0.2) is 4.98 Å². The first-order valence-electron chi connectivity index (χ1n) is 14.5. The van der Waals surface area contributed by atoms with E-state index in [4.69, 9.17) is 36.8 Å². The lowest BCUT2D eigenvalue weighted by Crippen LogP contribution is -3.00. The van der Waals surface area contributed by atoms with Gasteiger partial charge in [-0.3, -0.25) is 9.05 Å². The molecular weight excluding hydrogens is 613 g/mol. The molecule has 0 saturated heterocycles. The number of nitrogen functional groups attached to an aromatic ring is 2. The van der Waals surface area contributed by atoms with Crippen molar-refractivity contribution in [1.29, 1.82) is 0 Å². The average Bonchev–Trinajstić information content (AvgIpc) is 2.96. The second kappa shape index (κ2) is 15.6. The summed E-state index contributed by atoms with van der Waals surface area (Å²) < 4.78 is 18.9. The van der Waals surface area contributed by atoms with Crippen LogP contribution in [0.2, 0.25) is 0 Å². The molecule has 0 atom stereocenters. The molecule has 234 valence electrons. The highest BCUT2D eigenvalue weighted by molar-refractivity contribution is 8.07. The maximum Gasteiger partial charge on any atom is 0.381 e. The predicted octanol–water partition coefficient (Wildman–Crippen LogP) is 4.72. The summed E-state index contributed by atoms with van der Waals surface area (Å²) in [4.78, 5) is 8.71. The maximum atomic E-state index is 6.10. The number of nitrogens with two attached hydrogens (primary N) is 2. The number of halogens is 1. The Bertz CT molecular complexity index is 1760. The Hall–Kier alpha value is -3.33. The fourth-order valence-corrected chi connectivity index (χ4v) is 6.88.